The van der Waals surface area contributed by atoms with Crippen molar-refractivity contribution < 1.29 is 25.6 Å². The summed E-state index contributed by atoms with van der Waals surface area (Å²) in [6, 6.07) is 9.24. The molecule has 0 amide bonds. The van der Waals surface area contributed by atoms with Gasteiger partial charge in [-0.3, -0.25) is 0 Å². The van der Waals surface area contributed by atoms with Crippen LogP contribution in [0.3, 0.4) is 0 Å². The number of rotatable bonds is 8. The van der Waals surface area contributed by atoms with Crippen molar-refractivity contribution in [3.05, 3.63) is 69.3 Å². The number of hydrogen-bond acceptors (Lipinski definition) is 1. The van der Waals surface area contributed by atoms with Crippen molar-refractivity contribution in [3.8, 4) is 0 Å². The summed E-state index contributed by atoms with van der Waals surface area (Å²) in [5.74, 6) is 0. The van der Waals surface area contributed by atoms with Gasteiger partial charge in [0, 0.05) is 11.1 Å². The molecule has 5 rings (SSSR count). The number of aryl methyl sites for hydroxylation is 4. The van der Waals surface area contributed by atoms with Gasteiger partial charge in [-0.2, -0.15) is 4.57 Å². The minimum Gasteiger partial charge on any atom is -0.657 e. The SMILES string of the molecule is CCC1=C(CC)c2cc3[n-]c(cc4[n+](C)c(cc5[n-]c(cc1n2)c(CC)c5CC)C(CC)=C4CC)c(CC)c3CC.[Pt+2]. The summed E-state index contributed by atoms with van der Waals surface area (Å²) in [6.45, 7) is 18.1. The molecule has 0 saturated carbocycles. The van der Waals surface area contributed by atoms with E-state index in [0.717, 1.165) is 84.8 Å². The number of hydrogen-bond donors (Lipinski definition) is 0. The molecule has 3 aromatic rings. The smallest absolute Gasteiger partial charge is 0.657 e. The summed E-state index contributed by atoms with van der Waals surface area (Å²) in [6.07, 6.45) is 7.76. The molecule has 8 bridgehead atoms. The Morgan fingerprint density at radius 2 is 0.786 bits per heavy atom. The van der Waals surface area contributed by atoms with E-state index < -0.39 is 0 Å². The van der Waals surface area contributed by atoms with Crippen molar-refractivity contribution in [2.45, 2.75) is 107 Å². The Kier molecular flexibility index (Phi) is 10.2. The molecule has 5 heteroatoms. The van der Waals surface area contributed by atoms with E-state index in [0.29, 0.717) is 0 Å². The number of allylic oxidation sites excluding steroid dienone is 4. The van der Waals surface area contributed by atoms with Crippen LogP contribution in [0.2, 0.25) is 0 Å². The molecule has 0 spiro atoms. The third-order valence-electron chi connectivity index (χ3n) is 9.30. The first kappa shape index (κ1) is 32.2. The Bertz CT molecular complexity index is 1610. The maximum absolute atomic E-state index is 5.32. The van der Waals surface area contributed by atoms with Crippen LogP contribution in [0.5, 0.6) is 0 Å². The second-order valence-electron chi connectivity index (χ2n) is 11.2. The fraction of sp³-hybridized carbons (Fsp3) is 0.459. The van der Waals surface area contributed by atoms with Crippen molar-refractivity contribution in [1.29, 1.82) is 0 Å². The quantitative estimate of drug-likeness (QED) is 0.217. The van der Waals surface area contributed by atoms with Gasteiger partial charge in [-0.15, -0.1) is 22.1 Å². The first-order valence-corrected chi connectivity index (χ1v) is 16.0. The molecule has 2 aliphatic heterocycles. The Labute approximate surface area is 267 Å². The van der Waals surface area contributed by atoms with Gasteiger partial charge in [-0.25, -0.2) is 4.98 Å². The van der Waals surface area contributed by atoms with Crippen LogP contribution < -0.4 is 14.5 Å². The van der Waals surface area contributed by atoms with Crippen molar-refractivity contribution in [2.24, 2.45) is 7.05 Å². The summed E-state index contributed by atoms with van der Waals surface area (Å²) in [7, 11) is 2.22. The summed E-state index contributed by atoms with van der Waals surface area (Å²) in [4.78, 5) is 15.9. The molecule has 2 aliphatic rings. The molecule has 5 heterocycles. The van der Waals surface area contributed by atoms with Crippen LogP contribution in [-0.2, 0) is 53.8 Å². The Hall–Kier alpha value is -2.71. The summed E-state index contributed by atoms with van der Waals surface area (Å²) in [5.41, 5.74) is 20.0. The standard InChI is InChI=1S/C37H47N4.Pt/c1-10-22-23(11-2)31-19-33-25(13-4)27(15-6)35(40-33)21-37-29(17-8)28(16-7)36(41(37)9)20-34-26(14-5)24(12-3)32(39-34)18-30(22)38-31;/h18-21H,10-17H2,1-9H3;/q-1;+2. The zero-order valence-electron chi connectivity index (χ0n) is 27.1. The van der Waals surface area contributed by atoms with Crippen LogP contribution in [0, 0.1) is 0 Å². The maximum Gasteiger partial charge on any atom is 2.00 e. The van der Waals surface area contributed by atoms with Gasteiger partial charge in [-0.05, 0) is 74.6 Å². The predicted molar refractivity (Wildman–Crippen MR) is 175 cm³/mol. The minimum absolute atomic E-state index is 0. The predicted octanol–water partition coefficient (Wildman–Crippen LogP) is 8.71. The molecule has 42 heavy (non-hydrogen) atoms. The van der Waals surface area contributed by atoms with Crippen LogP contribution in [0.1, 0.15) is 126 Å². The second-order valence-corrected chi connectivity index (χ2v) is 11.2. The van der Waals surface area contributed by atoms with E-state index in [1.165, 1.54) is 55.9 Å². The number of fused-ring (bicyclic) bond motifs is 8. The van der Waals surface area contributed by atoms with Gasteiger partial charge >= 0.3 is 21.1 Å². The zero-order chi connectivity index (χ0) is 29.4. The molecular weight excluding hydrogens is 696 g/mol. The first-order valence-electron chi connectivity index (χ1n) is 16.0. The third-order valence-corrected chi connectivity index (χ3v) is 9.30. The van der Waals surface area contributed by atoms with E-state index in [1.807, 2.05) is 0 Å². The van der Waals surface area contributed by atoms with Crippen molar-refractivity contribution in [3.63, 3.8) is 0 Å². The molecule has 0 radical (unpaired) electrons. The Balaban J connectivity index is 0.00000405. The van der Waals surface area contributed by atoms with E-state index >= 15 is 0 Å². The van der Waals surface area contributed by atoms with Crippen LogP contribution in [0.4, 0.5) is 0 Å². The van der Waals surface area contributed by atoms with E-state index in [-0.39, 0.29) is 21.1 Å². The van der Waals surface area contributed by atoms with Crippen LogP contribution in [-0.4, -0.2) is 4.98 Å². The van der Waals surface area contributed by atoms with Crippen LogP contribution >= 0.6 is 0 Å². The van der Waals surface area contributed by atoms with Crippen LogP contribution in [0.15, 0.2) is 24.3 Å². The maximum atomic E-state index is 5.32. The number of aromatic nitrogens is 4. The molecule has 0 atom stereocenters. The molecule has 3 aromatic heterocycles. The molecule has 0 saturated heterocycles. The normalized spacial score (nSPS) is 13.3. The van der Waals surface area contributed by atoms with Crippen molar-refractivity contribution in [1.82, 2.24) is 15.0 Å². The average molecular weight is 743 g/mol. The van der Waals surface area contributed by atoms with Gasteiger partial charge in [0.1, 0.15) is 7.05 Å². The molecule has 4 nitrogen and oxygen atoms in total. The van der Waals surface area contributed by atoms with Crippen molar-refractivity contribution in [2.75, 3.05) is 0 Å². The van der Waals surface area contributed by atoms with Gasteiger partial charge in [-0.1, -0.05) is 89.8 Å². The summed E-state index contributed by atoms with van der Waals surface area (Å²) >= 11 is 0. The summed E-state index contributed by atoms with van der Waals surface area (Å²) in [5, 5.41) is 0. The number of nitrogens with zero attached hydrogens (tertiary/aromatic N) is 4. The van der Waals surface area contributed by atoms with Gasteiger partial charge in [0.25, 0.3) is 0 Å². The zero-order valence-corrected chi connectivity index (χ0v) is 29.3. The van der Waals surface area contributed by atoms with Gasteiger partial charge in [0.2, 0.25) is 11.4 Å². The molecule has 224 valence electrons. The van der Waals surface area contributed by atoms with E-state index in [2.05, 4.69) is 91.3 Å². The molecule has 0 aliphatic carbocycles. The summed E-state index contributed by atoms with van der Waals surface area (Å²) < 4.78 is 2.39. The van der Waals surface area contributed by atoms with Gasteiger partial charge in [0.15, 0.2) is 0 Å². The monoisotopic (exact) mass is 742 g/mol. The van der Waals surface area contributed by atoms with Gasteiger partial charge < -0.3 is 9.97 Å². The van der Waals surface area contributed by atoms with E-state index in [1.54, 1.807) is 0 Å². The van der Waals surface area contributed by atoms with Gasteiger partial charge in [0.05, 0.1) is 11.4 Å². The molecule has 0 fully saturated rings. The Morgan fingerprint density at radius 3 is 1.07 bits per heavy atom. The second kappa shape index (κ2) is 13.3. The topological polar surface area (TPSA) is 45.0 Å². The minimum atomic E-state index is 0. The average Bonchev–Trinajstić information content (AvgIpc) is 3.67. The fourth-order valence-corrected chi connectivity index (χ4v) is 7.32. The molecule has 0 unspecified atom stereocenters. The third kappa shape index (κ3) is 5.19. The largest absolute Gasteiger partial charge is 2.00 e. The first-order chi connectivity index (χ1) is 19.9. The molecule has 0 N–H and O–H groups in total. The Morgan fingerprint density at radius 1 is 0.476 bits per heavy atom. The van der Waals surface area contributed by atoms with E-state index in [4.69, 9.17) is 15.0 Å². The molecular formula is C37H47N4Pt+. The fourth-order valence-electron chi connectivity index (χ4n) is 7.32. The van der Waals surface area contributed by atoms with Crippen molar-refractivity contribution >= 4 is 44.4 Å². The molecule has 0 aromatic carbocycles. The van der Waals surface area contributed by atoms with E-state index in [9.17, 15) is 0 Å². The van der Waals surface area contributed by atoms with Crippen LogP contribution in [0.25, 0.3) is 44.4 Å².